The van der Waals surface area contributed by atoms with Gasteiger partial charge in [0.15, 0.2) is 0 Å². The number of pyridine rings is 1. The zero-order valence-corrected chi connectivity index (χ0v) is 9.97. The lowest BCUT2D eigenvalue weighted by Gasteiger charge is -2.20. The van der Waals surface area contributed by atoms with Crippen molar-refractivity contribution >= 4 is 5.69 Å². The summed E-state index contributed by atoms with van der Waals surface area (Å²) in [5, 5.41) is 9.03. The van der Waals surface area contributed by atoms with Crippen LogP contribution in [-0.4, -0.2) is 12.0 Å². The van der Waals surface area contributed by atoms with Gasteiger partial charge in [-0.25, -0.2) is 4.39 Å². The number of rotatable bonds is 3. The molecule has 0 fully saturated rings. The Morgan fingerprint density at radius 2 is 2.11 bits per heavy atom. The summed E-state index contributed by atoms with van der Waals surface area (Å²) in [5.41, 5.74) is 2.19. The molecule has 0 unspecified atom stereocenters. The molecule has 3 nitrogen and oxygen atoms in total. The van der Waals surface area contributed by atoms with Crippen molar-refractivity contribution < 1.29 is 4.39 Å². The first-order chi connectivity index (χ1) is 8.70. The minimum absolute atomic E-state index is 0.352. The molecule has 18 heavy (non-hydrogen) atoms. The van der Waals surface area contributed by atoms with Gasteiger partial charge in [-0.05, 0) is 23.8 Å². The van der Waals surface area contributed by atoms with Crippen molar-refractivity contribution in [3.05, 3.63) is 59.7 Å². The van der Waals surface area contributed by atoms with Gasteiger partial charge in [0.25, 0.3) is 0 Å². The van der Waals surface area contributed by atoms with E-state index >= 15 is 0 Å². The normalized spacial score (nSPS) is 9.83. The van der Waals surface area contributed by atoms with Crippen molar-refractivity contribution in [1.29, 1.82) is 5.26 Å². The van der Waals surface area contributed by atoms with Crippen LogP contribution >= 0.6 is 0 Å². The van der Waals surface area contributed by atoms with Crippen LogP contribution in [0.15, 0.2) is 42.7 Å². The van der Waals surface area contributed by atoms with Gasteiger partial charge in [-0.15, -0.1) is 0 Å². The molecule has 1 heterocycles. The maximum Gasteiger partial charge on any atom is 0.141 e. The van der Waals surface area contributed by atoms with Crippen molar-refractivity contribution in [2.24, 2.45) is 0 Å². The lowest BCUT2D eigenvalue weighted by atomic mass is 10.1. The van der Waals surface area contributed by atoms with Crippen LogP contribution in [0.1, 0.15) is 11.1 Å². The minimum atomic E-state index is -0.352. The lowest BCUT2D eigenvalue weighted by Crippen LogP contribution is -2.17. The van der Waals surface area contributed by atoms with E-state index in [2.05, 4.69) is 11.1 Å². The van der Waals surface area contributed by atoms with Crippen molar-refractivity contribution in [2.45, 2.75) is 6.54 Å². The fraction of sp³-hybridized carbons (Fsp3) is 0.143. The molecule has 0 bridgehead atoms. The number of hydrogen-bond donors (Lipinski definition) is 0. The third-order valence-corrected chi connectivity index (χ3v) is 2.62. The first kappa shape index (κ1) is 12.1. The number of anilines is 1. The summed E-state index contributed by atoms with van der Waals surface area (Å²) in [5.74, 6) is -0.352. The summed E-state index contributed by atoms with van der Waals surface area (Å²) in [6.45, 7) is 0.503. The van der Waals surface area contributed by atoms with Crippen molar-refractivity contribution in [3.8, 4) is 6.07 Å². The number of aromatic nitrogens is 1. The summed E-state index contributed by atoms with van der Waals surface area (Å²) >= 11 is 0. The fourth-order valence-corrected chi connectivity index (χ4v) is 1.80. The summed E-state index contributed by atoms with van der Waals surface area (Å²) in [7, 11) is 1.86. The molecule has 1 aromatic heterocycles. The average molecular weight is 241 g/mol. The zero-order chi connectivity index (χ0) is 13.0. The molecule has 90 valence electrons. The lowest BCUT2D eigenvalue weighted by molar-refractivity contribution is 0.618. The molecule has 0 saturated heterocycles. The maximum atomic E-state index is 13.0. The van der Waals surface area contributed by atoms with E-state index in [0.717, 1.165) is 11.3 Å². The van der Waals surface area contributed by atoms with E-state index in [1.165, 1.54) is 12.3 Å². The number of para-hydroxylation sites is 1. The van der Waals surface area contributed by atoms with Crippen molar-refractivity contribution in [3.63, 3.8) is 0 Å². The van der Waals surface area contributed by atoms with E-state index in [1.54, 1.807) is 12.3 Å². The Bertz CT molecular complexity index is 590. The molecule has 0 amide bonds. The smallest absolute Gasteiger partial charge is 0.141 e. The van der Waals surface area contributed by atoms with E-state index in [4.69, 9.17) is 5.26 Å². The Morgan fingerprint density at radius 3 is 2.83 bits per heavy atom. The van der Waals surface area contributed by atoms with Gasteiger partial charge >= 0.3 is 0 Å². The average Bonchev–Trinajstić information content (AvgIpc) is 2.38. The van der Waals surface area contributed by atoms with Gasteiger partial charge in [-0.2, -0.15) is 5.26 Å². The van der Waals surface area contributed by atoms with Gasteiger partial charge in [0.05, 0.1) is 17.4 Å². The molecule has 0 aliphatic heterocycles. The number of nitriles is 1. The Balaban J connectivity index is 2.22. The van der Waals surface area contributed by atoms with Gasteiger partial charge in [0.1, 0.15) is 11.9 Å². The summed E-state index contributed by atoms with van der Waals surface area (Å²) in [6.07, 6.45) is 2.79. The molecule has 2 aromatic rings. The first-order valence-corrected chi connectivity index (χ1v) is 5.50. The molecular weight excluding hydrogens is 229 g/mol. The molecule has 0 aliphatic carbocycles. The van der Waals surface area contributed by atoms with Gasteiger partial charge < -0.3 is 4.90 Å². The van der Waals surface area contributed by atoms with Gasteiger partial charge in [0.2, 0.25) is 0 Å². The third kappa shape index (κ3) is 2.64. The molecule has 0 radical (unpaired) electrons. The number of halogens is 1. The van der Waals surface area contributed by atoms with Crippen LogP contribution in [0.2, 0.25) is 0 Å². The van der Waals surface area contributed by atoms with Crippen LogP contribution in [-0.2, 0) is 6.54 Å². The van der Waals surface area contributed by atoms with Gasteiger partial charge in [-0.3, -0.25) is 4.98 Å². The second-order valence-electron chi connectivity index (χ2n) is 4.00. The topological polar surface area (TPSA) is 39.9 Å². The first-order valence-electron chi connectivity index (χ1n) is 5.50. The molecule has 0 aliphatic rings. The van der Waals surface area contributed by atoms with E-state index in [0.29, 0.717) is 12.1 Å². The second-order valence-corrected chi connectivity index (χ2v) is 4.00. The molecule has 0 saturated carbocycles. The largest absolute Gasteiger partial charge is 0.369 e. The Hall–Kier alpha value is -2.41. The monoisotopic (exact) mass is 241 g/mol. The van der Waals surface area contributed by atoms with Crippen LogP contribution in [0, 0.1) is 17.1 Å². The quantitative estimate of drug-likeness (QED) is 0.829. The Kier molecular flexibility index (Phi) is 3.54. The zero-order valence-electron chi connectivity index (χ0n) is 9.97. The van der Waals surface area contributed by atoms with Crippen LogP contribution < -0.4 is 4.90 Å². The van der Waals surface area contributed by atoms with Crippen LogP contribution in [0.3, 0.4) is 0 Å². The maximum absolute atomic E-state index is 13.0. The summed E-state index contributed by atoms with van der Waals surface area (Å²) in [4.78, 5) is 5.70. The predicted octanol–water partition coefficient (Wildman–Crippen LogP) is 2.73. The van der Waals surface area contributed by atoms with Crippen LogP contribution in [0.4, 0.5) is 10.1 Å². The molecule has 4 heteroatoms. The van der Waals surface area contributed by atoms with E-state index < -0.39 is 0 Å². The summed E-state index contributed by atoms with van der Waals surface area (Å²) < 4.78 is 13.0. The summed E-state index contributed by atoms with van der Waals surface area (Å²) in [6, 6.07) is 10.9. The highest BCUT2D eigenvalue weighted by molar-refractivity contribution is 5.58. The second kappa shape index (κ2) is 5.28. The highest BCUT2D eigenvalue weighted by Crippen LogP contribution is 2.19. The Labute approximate surface area is 105 Å². The fourth-order valence-electron chi connectivity index (χ4n) is 1.80. The highest BCUT2D eigenvalue weighted by Gasteiger charge is 2.07. The molecule has 0 spiro atoms. The Morgan fingerprint density at radius 1 is 1.33 bits per heavy atom. The number of nitrogens with zero attached hydrogens (tertiary/aromatic N) is 3. The van der Waals surface area contributed by atoms with Crippen LogP contribution in [0.25, 0.3) is 0 Å². The standard InChI is InChI=1S/C14H12FN3/c1-18(10-11-6-13(15)9-17-8-11)14-5-3-2-4-12(14)7-16/h2-6,8-9H,10H2,1H3. The molecule has 0 atom stereocenters. The highest BCUT2D eigenvalue weighted by atomic mass is 19.1. The third-order valence-electron chi connectivity index (χ3n) is 2.62. The van der Waals surface area contributed by atoms with Crippen molar-refractivity contribution in [2.75, 3.05) is 11.9 Å². The minimum Gasteiger partial charge on any atom is -0.369 e. The van der Waals surface area contributed by atoms with Crippen molar-refractivity contribution in [1.82, 2.24) is 4.98 Å². The number of benzene rings is 1. The predicted molar refractivity (Wildman–Crippen MR) is 67.5 cm³/mol. The molecule has 1 aromatic carbocycles. The van der Waals surface area contributed by atoms with E-state index in [9.17, 15) is 4.39 Å². The van der Waals surface area contributed by atoms with Gasteiger partial charge in [0, 0.05) is 19.8 Å². The number of hydrogen-bond acceptors (Lipinski definition) is 3. The SMILES string of the molecule is CN(Cc1cncc(F)c1)c1ccccc1C#N. The van der Waals surface area contributed by atoms with Crippen LogP contribution in [0.5, 0.6) is 0 Å². The molecule has 0 N–H and O–H groups in total. The molecular formula is C14H12FN3. The van der Waals surface area contributed by atoms with E-state index in [1.807, 2.05) is 30.1 Å². The van der Waals surface area contributed by atoms with E-state index in [-0.39, 0.29) is 5.82 Å². The molecule has 2 rings (SSSR count). The van der Waals surface area contributed by atoms with Gasteiger partial charge in [-0.1, -0.05) is 12.1 Å².